The van der Waals surface area contributed by atoms with Crippen molar-refractivity contribution >= 4 is 10.0 Å². The van der Waals surface area contributed by atoms with Gasteiger partial charge in [-0.15, -0.1) is 0 Å². The predicted octanol–water partition coefficient (Wildman–Crippen LogP) is -0.0483. The summed E-state index contributed by atoms with van der Waals surface area (Å²) in [7, 11) is -3.00. The van der Waals surface area contributed by atoms with Gasteiger partial charge in [-0.05, 0) is 12.3 Å². The Labute approximate surface area is 111 Å². The molecule has 2 aliphatic rings. The Morgan fingerprint density at radius 1 is 1.22 bits per heavy atom. The monoisotopic (exact) mass is 275 g/mol. The zero-order valence-electron chi connectivity index (χ0n) is 11.4. The second-order valence-electron chi connectivity index (χ2n) is 5.76. The van der Waals surface area contributed by atoms with Crippen molar-refractivity contribution in [1.29, 1.82) is 0 Å². The lowest BCUT2D eigenvalue weighted by Crippen LogP contribution is -2.64. The Morgan fingerprint density at radius 3 is 2.39 bits per heavy atom. The second kappa shape index (κ2) is 5.86. The van der Waals surface area contributed by atoms with Crippen LogP contribution in [0, 0.1) is 5.92 Å². The lowest BCUT2D eigenvalue weighted by atomic mass is 10.1. The van der Waals surface area contributed by atoms with E-state index in [-0.39, 0.29) is 0 Å². The van der Waals surface area contributed by atoms with Crippen LogP contribution in [0.3, 0.4) is 0 Å². The molecule has 5 nitrogen and oxygen atoms in total. The van der Waals surface area contributed by atoms with Crippen LogP contribution < -0.4 is 5.32 Å². The van der Waals surface area contributed by atoms with E-state index in [4.69, 9.17) is 0 Å². The summed E-state index contributed by atoms with van der Waals surface area (Å²) >= 11 is 0. The summed E-state index contributed by atoms with van der Waals surface area (Å²) in [4.78, 5) is 2.41. The molecule has 1 N–H and O–H groups in total. The van der Waals surface area contributed by atoms with Crippen LogP contribution in [0.25, 0.3) is 0 Å². The van der Waals surface area contributed by atoms with Crippen LogP contribution in [0.5, 0.6) is 0 Å². The molecule has 106 valence electrons. The van der Waals surface area contributed by atoms with Gasteiger partial charge in [0.2, 0.25) is 10.0 Å². The first kappa shape index (κ1) is 14.2. The minimum Gasteiger partial charge on any atom is -0.314 e. The van der Waals surface area contributed by atoms with Crippen molar-refractivity contribution in [2.75, 3.05) is 45.0 Å². The highest BCUT2D eigenvalue weighted by atomic mass is 32.2. The van der Waals surface area contributed by atoms with Crippen molar-refractivity contribution in [3.05, 3.63) is 0 Å². The average Bonchev–Trinajstić information content (AvgIpc) is 2.26. The molecule has 0 radical (unpaired) electrons. The second-order valence-corrected chi connectivity index (χ2v) is 7.84. The quantitative estimate of drug-likeness (QED) is 0.764. The number of nitrogens with zero attached hydrogens (tertiary/aromatic N) is 2. The van der Waals surface area contributed by atoms with Crippen LogP contribution in [0.15, 0.2) is 0 Å². The first-order valence-corrected chi connectivity index (χ1v) is 8.52. The van der Waals surface area contributed by atoms with Crippen molar-refractivity contribution in [3.63, 3.8) is 0 Å². The molecule has 0 aliphatic carbocycles. The SMILES string of the molecule is CC(C)CCS(=O)(=O)N1CC(N2CCNCC2)C1. The van der Waals surface area contributed by atoms with Gasteiger partial charge in [0.05, 0.1) is 5.75 Å². The summed E-state index contributed by atoms with van der Waals surface area (Å²) in [5, 5.41) is 3.32. The molecule has 0 unspecified atom stereocenters. The highest BCUT2D eigenvalue weighted by Gasteiger charge is 2.38. The van der Waals surface area contributed by atoms with Crippen LogP contribution >= 0.6 is 0 Å². The van der Waals surface area contributed by atoms with Crippen molar-refractivity contribution in [3.8, 4) is 0 Å². The van der Waals surface area contributed by atoms with E-state index in [2.05, 4.69) is 24.1 Å². The molecule has 2 rings (SSSR count). The molecule has 2 aliphatic heterocycles. The summed E-state index contributed by atoms with van der Waals surface area (Å²) in [5.74, 6) is 0.754. The average molecular weight is 275 g/mol. The highest BCUT2D eigenvalue weighted by Crippen LogP contribution is 2.20. The Hall–Kier alpha value is -0.170. The third kappa shape index (κ3) is 3.44. The topological polar surface area (TPSA) is 52.7 Å². The third-order valence-electron chi connectivity index (χ3n) is 3.84. The van der Waals surface area contributed by atoms with Crippen molar-refractivity contribution in [2.24, 2.45) is 5.92 Å². The van der Waals surface area contributed by atoms with Gasteiger partial charge in [-0.3, -0.25) is 4.90 Å². The summed E-state index contributed by atoms with van der Waals surface area (Å²) in [5.41, 5.74) is 0. The van der Waals surface area contributed by atoms with E-state index in [0.717, 1.165) is 32.6 Å². The molecule has 2 fully saturated rings. The normalized spacial score (nSPS) is 24.4. The third-order valence-corrected chi connectivity index (χ3v) is 5.68. The minimum absolute atomic E-state index is 0.305. The molecule has 2 saturated heterocycles. The van der Waals surface area contributed by atoms with E-state index in [9.17, 15) is 8.42 Å². The number of hydrogen-bond donors (Lipinski definition) is 1. The highest BCUT2D eigenvalue weighted by molar-refractivity contribution is 7.89. The number of rotatable bonds is 5. The van der Waals surface area contributed by atoms with Gasteiger partial charge >= 0.3 is 0 Å². The van der Waals surface area contributed by atoms with Crippen LogP contribution in [0.1, 0.15) is 20.3 Å². The Bertz CT molecular complexity index is 358. The Kier molecular flexibility index (Phi) is 4.64. The smallest absolute Gasteiger partial charge is 0.214 e. The predicted molar refractivity (Wildman–Crippen MR) is 73.0 cm³/mol. The maximum absolute atomic E-state index is 12.0. The minimum atomic E-state index is -3.00. The van der Waals surface area contributed by atoms with Gasteiger partial charge in [-0.1, -0.05) is 13.8 Å². The first-order chi connectivity index (χ1) is 8.49. The van der Waals surface area contributed by atoms with Crippen LogP contribution in [0.4, 0.5) is 0 Å². The van der Waals surface area contributed by atoms with E-state index in [1.807, 2.05) is 0 Å². The molecule has 6 heteroatoms. The lowest BCUT2D eigenvalue weighted by molar-refractivity contribution is 0.0773. The van der Waals surface area contributed by atoms with Gasteiger partial charge in [0, 0.05) is 45.3 Å². The van der Waals surface area contributed by atoms with Gasteiger partial charge in [-0.2, -0.15) is 4.31 Å². The van der Waals surface area contributed by atoms with Crippen LogP contribution in [-0.4, -0.2) is 68.7 Å². The summed E-state index contributed by atoms with van der Waals surface area (Å²) in [6.45, 7) is 9.66. The van der Waals surface area contributed by atoms with Gasteiger partial charge < -0.3 is 5.32 Å². The molecule has 0 bridgehead atoms. The fourth-order valence-corrected chi connectivity index (χ4v) is 4.26. The van der Waals surface area contributed by atoms with E-state index in [0.29, 0.717) is 30.8 Å². The van der Waals surface area contributed by atoms with E-state index >= 15 is 0 Å². The molecule has 0 aromatic heterocycles. The van der Waals surface area contributed by atoms with Crippen LogP contribution in [-0.2, 0) is 10.0 Å². The molecule has 0 spiro atoms. The number of sulfonamides is 1. The van der Waals surface area contributed by atoms with Crippen molar-refractivity contribution < 1.29 is 8.42 Å². The fourth-order valence-electron chi connectivity index (χ4n) is 2.44. The zero-order chi connectivity index (χ0) is 13.2. The van der Waals surface area contributed by atoms with E-state index in [1.54, 1.807) is 4.31 Å². The van der Waals surface area contributed by atoms with E-state index < -0.39 is 10.0 Å². The summed E-state index contributed by atoms with van der Waals surface area (Å²) in [6, 6.07) is 0.445. The largest absolute Gasteiger partial charge is 0.314 e. The molecule has 0 aromatic rings. The molecule has 0 atom stereocenters. The fraction of sp³-hybridized carbons (Fsp3) is 1.00. The zero-order valence-corrected chi connectivity index (χ0v) is 12.2. The van der Waals surface area contributed by atoms with Crippen molar-refractivity contribution in [2.45, 2.75) is 26.3 Å². The van der Waals surface area contributed by atoms with Crippen LogP contribution in [0.2, 0.25) is 0 Å². The van der Waals surface area contributed by atoms with Gasteiger partial charge in [0.1, 0.15) is 0 Å². The lowest BCUT2D eigenvalue weighted by Gasteiger charge is -2.45. The molecule has 0 amide bonds. The maximum Gasteiger partial charge on any atom is 0.214 e. The molecule has 0 aromatic carbocycles. The Balaban J connectivity index is 1.77. The maximum atomic E-state index is 12.0. The van der Waals surface area contributed by atoms with Gasteiger partial charge in [0.15, 0.2) is 0 Å². The number of nitrogens with one attached hydrogen (secondary N) is 1. The van der Waals surface area contributed by atoms with E-state index in [1.165, 1.54) is 0 Å². The van der Waals surface area contributed by atoms with Crippen molar-refractivity contribution in [1.82, 2.24) is 14.5 Å². The Morgan fingerprint density at radius 2 is 1.83 bits per heavy atom. The molecular weight excluding hydrogens is 250 g/mol. The molecule has 18 heavy (non-hydrogen) atoms. The number of hydrogen-bond acceptors (Lipinski definition) is 4. The summed E-state index contributed by atoms with van der Waals surface area (Å²) < 4.78 is 25.7. The standard InChI is InChI=1S/C12H25N3O2S/c1-11(2)3-8-18(16,17)15-9-12(10-15)14-6-4-13-5-7-14/h11-13H,3-10H2,1-2H3. The molecular formula is C12H25N3O2S. The van der Waals surface area contributed by atoms with Gasteiger partial charge in [-0.25, -0.2) is 8.42 Å². The summed E-state index contributed by atoms with van der Waals surface area (Å²) in [6.07, 6.45) is 0.761. The number of piperazine rings is 1. The molecule has 2 heterocycles. The first-order valence-electron chi connectivity index (χ1n) is 6.91. The van der Waals surface area contributed by atoms with Gasteiger partial charge in [0.25, 0.3) is 0 Å². The molecule has 0 saturated carbocycles.